The van der Waals surface area contributed by atoms with Crippen LogP contribution in [0.1, 0.15) is 29.8 Å². The highest BCUT2D eigenvalue weighted by Crippen LogP contribution is 2.34. The van der Waals surface area contributed by atoms with Crippen LogP contribution in [-0.2, 0) is 9.59 Å². The Balaban J connectivity index is 1.92. The van der Waals surface area contributed by atoms with Gasteiger partial charge in [-0.05, 0) is 31.2 Å². The van der Waals surface area contributed by atoms with Gasteiger partial charge in [0.25, 0.3) is 0 Å². The fourth-order valence-electron chi connectivity index (χ4n) is 3.38. The maximum atomic E-state index is 15.1. The summed E-state index contributed by atoms with van der Waals surface area (Å²) in [5.74, 6) is -0.332. The average molecular weight is 333 g/mol. The molecule has 1 amide bonds. The molecule has 1 aromatic heterocycles. The van der Waals surface area contributed by atoms with Crippen LogP contribution in [0.3, 0.4) is 0 Å². The second kappa shape index (κ2) is 5.85. The Morgan fingerprint density at radius 1 is 1.38 bits per heavy atom. The summed E-state index contributed by atoms with van der Waals surface area (Å²) in [5.41, 5.74) is 2.70. The molecule has 3 heterocycles. The molecule has 126 valence electrons. The minimum absolute atomic E-state index is 0.0556. The van der Waals surface area contributed by atoms with Crippen molar-refractivity contribution in [1.82, 2.24) is 9.79 Å². The lowest BCUT2D eigenvalue weighted by atomic mass is 9.90. The average Bonchev–Trinajstić information content (AvgIpc) is 3.05. The number of hydrogen-bond donors (Lipinski definition) is 1. The third-order valence-electron chi connectivity index (χ3n) is 4.40. The molecule has 0 saturated carbocycles. The number of hydrogen-bond acceptors (Lipinski definition) is 2. The molecular weight excluding hydrogens is 315 g/mol. The van der Waals surface area contributed by atoms with Gasteiger partial charge in [0, 0.05) is 36.8 Å². The number of nitrogens with zero attached hydrogens (tertiary/aromatic N) is 2. The highest BCUT2D eigenvalue weighted by molar-refractivity contribution is 6.58. The van der Waals surface area contributed by atoms with Gasteiger partial charge in [-0.3, -0.25) is 4.79 Å². The summed E-state index contributed by atoms with van der Waals surface area (Å²) in [4.78, 5) is 21.9. The predicted molar refractivity (Wildman–Crippen MR) is 88.0 cm³/mol. The van der Waals surface area contributed by atoms with Crippen molar-refractivity contribution in [3.8, 4) is 0 Å². The molecule has 24 heavy (non-hydrogen) atoms. The van der Waals surface area contributed by atoms with Crippen molar-refractivity contribution in [3.63, 3.8) is 0 Å². The van der Waals surface area contributed by atoms with Gasteiger partial charge >= 0.3 is 6.97 Å². The first-order chi connectivity index (χ1) is 11.4. The minimum atomic E-state index is -3.99. The van der Waals surface area contributed by atoms with Crippen molar-refractivity contribution in [2.45, 2.75) is 26.7 Å². The number of halogens is 2. The van der Waals surface area contributed by atoms with Crippen molar-refractivity contribution < 1.29 is 22.7 Å². The summed E-state index contributed by atoms with van der Waals surface area (Å²) in [6, 6.07) is 1.75. The van der Waals surface area contributed by atoms with Gasteiger partial charge in [0.2, 0.25) is 5.91 Å². The van der Waals surface area contributed by atoms with E-state index in [0.29, 0.717) is 29.1 Å². The summed E-state index contributed by atoms with van der Waals surface area (Å²) in [6.45, 7) is -0.573. The molecule has 1 aromatic rings. The monoisotopic (exact) mass is 333 g/mol. The van der Waals surface area contributed by atoms with E-state index in [9.17, 15) is 9.59 Å². The van der Waals surface area contributed by atoms with Crippen molar-refractivity contribution in [1.29, 1.82) is 0 Å². The summed E-state index contributed by atoms with van der Waals surface area (Å²) < 4.78 is 32.3. The highest BCUT2D eigenvalue weighted by Gasteiger charge is 2.52. The molecule has 0 radical (unpaired) electrons. The molecule has 0 atom stereocenters. The van der Waals surface area contributed by atoms with E-state index in [4.69, 9.17) is 0 Å². The molecule has 0 unspecified atom stereocenters. The van der Waals surface area contributed by atoms with Crippen molar-refractivity contribution in [2.75, 3.05) is 6.54 Å². The maximum Gasteiger partial charge on any atom is 0.737 e. The lowest BCUT2D eigenvalue weighted by Gasteiger charge is -2.30. The number of carbonyl (C=O) groups excluding carboxylic acids is 2. The Labute approximate surface area is 138 Å². The number of aromatic nitrogens is 1. The lowest BCUT2D eigenvalue weighted by molar-refractivity contribution is -0.362. The Morgan fingerprint density at radius 2 is 2.12 bits per heavy atom. The standard InChI is InChI=1S/C16H18BF2N3O2/c1-11-9-12(2)21-15(11)10-14-4-3-13(22(14)17(21,18)19)5-6-16(24)20-7-8-23/h3-4,8-10H,5-7H2,1-2H3,(H,20,24). The molecule has 0 bridgehead atoms. The lowest BCUT2D eigenvalue weighted by Crippen LogP contribution is -2.50. The van der Waals surface area contributed by atoms with Crippen LogP contribution in [0.4, 0.5) is 8.63 Å². The SMILES string of the molecule is Cc1cc(C)n2c1C=C1C=CC(CCC(=O)NCC=O)=[N+]1[B-]2(F)F. The topological polar surface area (TPSA) is 54.1 Å². The zero-order chi connectivity index (χ0) is 17.5. The Bertz CT molecular complexity index is 822. The van der Waals surface area contributed by atoms with Crippen LogP contribution >= 0.6 is 0 Å². The van der Waals surface area contributed by atoms with Crippen molar-refractivity contribution in [2.24, 2.45) is 0 Å². The van der Waals surface area contributed by atoms with Gasteiger partial charge in [0.05, 0.1) is 6.54 Å². The molecule has 1 N–H and O–H groups in total. The van der Waals surface area contributed by atoms with Crippen LogP contribution in [0, 0.1) is 13.8 Å². The number of allylic oxidation sites excluding steroid dienone is 2. The van der Waals surface area contributed by atoms with E-state index in [1.807, 2.05) is 6.92 Å². The van der Waals surface area contributed by atoms with Gasteiger partial charge in [-0.1, -0.05) is 0 Å². The van der Waals surface area contributed by atoms with Gasteiger partial charge < -0.3 is 27.7 Å². The Morgan fingerprint density at radius 3 is 2.83 bits per heavy atom. The fourth-order valence-corrected chi connectivity index (χ4v) is 3.38. The molecule has 0 saturated heterocycles. The molecule has 0 fully saturated rings. The van der Waals surface area contributed by atoms with Crippen LogP contribution in [0.2, 0.25) is 0 Å². The van der Waals surface area contributed by atoms with Crippen LogP contribution in [0.15, 0.2) is 23.9 Å². The molecule has 2 aliphatic heterocycles. The van der Waals surface area contributed by atoms with E-state index in [1.165, 1.54) is 0 Å². The second-order valence-electron chi connectivity index (χ2n) is 6.05. The Hall–Kier alpha value is -2.51. The Kier molecular flexibility index (Phi) is 3.99. The zero-order valence-corrected chi connectivity index (χ0v) is 13.6. The third-order valence-corrected chi connectivity index (χ3v) is 4.40. The van der Waals surface area contributed by atoms with Crippen LogP contribution in [0.25, 0.3) is 6.08 Å². The first-order valence-corrected chi connectivity index (χ1v) is 7.82. The largest absolute Gasteiger partial charge is 0.737 e. The van der Waals surface area contributed by atoms with Gasteiger partial charge in [0.15, 0.2) is 5.70 Å². The van der Waals surface area contributed by atoms with Crippen LogP contribution < -0.4 is 5.32 Å². The smallest absolute Gasteiger partial charge is 0.394 e. The third kappa shape index (κ3) is 2.51. The number of amides is 1. The van der Waals surface area contributed by atoms with E-state index in [1.54, 1.807) is 31.2 Å². The molecule has 3 rings (SSSR count). The fraction of sp³-hybridized carbons (Fsp3) is 0.312. The number of aldehydes is 1. The number of carbonyl (C=O) groups is 2. The van der Waals surface area contributed by atoms with Crippen molar-refractivity contribution in [3.05, 3.63) is 40.9 Å². The van der Waals surface area contributed by atoms with E-state index in [2.05, 4.69) is 5.32 Å². The molecular formula is C16H18BF2N3O2. The molecule has 0 aliphatic carbocycles. The molecule has 2 aliphatic rings. The molecule has 0 spiro atoms. The number of aryl methyl sites for hydroxylation is 2. The second-order valence-corrected chi connectivity index (χ2v) is 6.05. The van der Waals surface area contributed by atoms with Gasteiger partial charge in [0.1, 0.15) is 12.0 Å². The van der Waals surface area contributed by atoms with E-state index < -0.39 is 6.97 Å². The summed E-state index contributed by atoms with van der Waals surface area (Å²) in [7, 11) is 0. The van der Waals surface area contributed by atoms with Crippen LogP contribution in [-0.4, -0.2) is 40.4 Å². The first kappa shape index (κ1) is 16.4. The van der Waals surface area contributed by atoms with Gasteiger partial charge in [-0.25, -0.2) is 0 Å². The minimum Gasteiger partial charge on any atom is -0.394 e. The quantitative estimate of drug-likeness (QED) is 0.660. The highest BCUT2D eigenvalue weighted by atomic mass is 19.2. The predicted octanol–water partition coefficient (Wildman–Crippen LogP) is 1.80. The summed E-state index contributed by atoms with van der Waals surface area (Å²) >= 11 is 0. The van der Waals surface area contributed by atoms with E-state index in [-0.39, 0.29) is 25.3 Å². The molecule has 0 aromatic carbocycles. The van der Waals surface area contributed by atoms with Crippen LogP contribution in [0.5, 0.6) is 0 Å². The number of rotatable bonds is 5. The maximum absolute atomic E-state index is 15.1. The number of fused-ring (bicyclic) bond motifs is 2. The first-order valence-electron chi connectivity index (χ1n) is 7.82. The number of nitrogens with one attached hydrogen (secondary N) is 1. The summed E-state index contributed by atoms with van der Waals surface area (Å²) in [5, 5.41) is 2.41. The zero-order valence-electron chi connectivity index (χ0n) is 13.6. The molecule has 8 heteroatoms. The molecule has 5 nitrogen and oxygen atoms in total. The van der Waals surface area contributed by atoms with E-state index in [0.717, 1.165) is 14.5 Å². The van der Waals surface area contributed by atoms with Gasteiger partial charge in [-0.15, -0.1) is 0 Å². The van der Waals surface area contributed by atoms with Gasteiger partial charge in [-0.2, -0.15) is 0 Å². The van der Waals surface area contributed by atoms with E-state index >= 15 is 8.63 Å². The normalized spacial score (nSPS) is 17.4. The van der Waals surface area contributed by atoms with Crippen molar-refractivity contribution >= 4 is 31.0 Å². The summed E-state index contributed by atoms with van der Waals surface area (Å²) in [6.07, 6.45) is 5.86.